The Balaban J connectivity index is 1.67. The van der Waals surface area contributed by atoms with E-state index in [0.717, 1.165) is 46.7 Å². The number of halogens is 1. The summed E-state index contributed by atoms with van der Waals surface area (Å²) in [6.07, 6.45) is 2.34. The van der Waals surface area contributed by atoms with E-state index in [1.807, 2.05) is 63.4 Å². The Kier molecular flexibility index (Phi) is 9.29. The number of anilines is 1. The largest absolute Gasteiger partial charge is 0.508 e. The molecule has 9 heteroatoms. The van der Waals surface area contributed by atoms with Crippen molar-refractivity contribution in [3.63, 3.8) is 0 Å². The lowest BCUT2D eigenvalue weighted by atomic mass is 9.88. The van der Waals surface area contributed by atoms with Gasteiger partial charge in [-0.05, 0) is 44.7 Å². The molecule has 4 atom stereocenters. The molecule has 1 N–H and O–H groups in total. The Morgan fingerprint density at radius 1 is 1.16 bits per heavy atom. The maximum atomic E-state index is 12.8. The second-order valence-electron chi connectivity index (χ2n) is 9.27. The number of nitrogens with one attached hydrogen (secondary N) is 1. The quantitative estimate of drug-likeness (QED) is 0.181. The number of hydrogen-bond acceptors (Lipinski definition) is 7. The van der Waals surface area contributed by atoms with Gasteiger partial charge in [0.05, 0.1) is 37.2 Å². The third kappa shape index (κ3) is 6.20. The van der Waals surface area contributed by atoms with Crippen LogP contribution in [0.1, 0.15) is 60.8 Å². The summed E-state index contributed by atoms with van der Waals surface area (Å²) >= 11 is 6.19. The summed E-state index contributed by atoms with van der Waals surface area (Å²) in [5, 5.41) is 3.69. The van der Waals surface area contributed by atoms with Gasteiger partial charge in [-0.15, -0.1) is 11.6 Å². The lowest BCUT2D eigenvalue weighted by Crippen LogP contribution is -2.41. The maximum absolute atomic E-state index is 12.8. The van der Waals surface area contributed by atoms with Crippen LogP contribution in [-0.4, -0.2) is 54.0 Å². The molecule has 0 fully saturated rings. The van der Waals surface area contributed by atoms with Crippen molar-refractivity contribution in [2.24, 2.45) is 0 Å². The number of rotatable bonds is 11. The summed E-state index contributed by atoms with van der Waals surface area (Å²) in [6.45, 7) is 7.07. The van der Waals surface area contributed by atoms with Crippen LogP contribution in [0.15, 0.2) is 42.6 Å². The topological polar surface area (TPSA) is 83.3 Å². The van der Waals surface area contributed by atoms with Gasteiger partial charge in [0.25, 0.3) is 0 Å². The number of methoxy groups -OCH3 is 1. The minimum absolute atomic E-state index is 0.0754. The highest BCUT2D eigenvalue weighted by Crippen LogP contribution is 2.44. The van der Waals surface area contributed by atoms with Gasteiger partial charge in [-0.3, -0.25) is 0 Å². The Morgan fingerprint density at radius 3 is 2.68 bits per heavy atom. The average molecular weight is 530 g/mol. The minimum atomic E-state index is -0.729. The van der Waals surface area contributed by atoms with Gasteiger partial charge in [0.15, 0.2) is 11.8 Å². The average Bonchev–Trinajstić information content (AvgIpc) is 3.21. The highest BCUT2D eigenvalue weighted by Gasteiger charge is 2.42. The van der Waals surface area contributed by atoms with Crippen LogP contribution in [0.25, 0.3) is 5.65 Å². The molecule has 1 aliphatic rings. The van der Waals surface area contributed by atoms with Gasteiger partial charge in [-0.2, -0.15) is 0 Å². The van der Waals surface area contributed by atoms with E-state index in [1.165, 1.54) is 0 Å². The number of carbonyl (C=O) groups excluding carboxylic acids is 1. The highest BCUT2D eigenvalue weighted by atomic mass is 35.5. The van der Waals surface area contributed by atoms with Crippen molar-refractivity contribution in [1.29, 1.82) is 0 Å². The van der Waals surface area contributed by atoms with Crippen LogP contribution in [-0.2, 0) is 18.9 Å². The van der Waals surface area contributed by atoms with Crippen LogP contribution in [0.5, 0.6) is 0 Å². The van der Waals surface area contributed by atoms with Crippen LogP contribution in [0.2, 0.25) is 0 Å². The SMILES string of the molecule is CCC(Cl)CCCOC(=O)O[C@@H]1[C@@H](c2ccccc2)Nc2c(ccn3c(C)c(C)nc23)[C@H]1OCCOC. The number of fused-ring (bicyclic) bond motifs is 3. The van der Waals surface area contributed by atoms with E-state index in [4.69, 9.17) is 35.5 Å². The van der Waals surface area contributed by atoms with Gasteiger partial charge in [-0.25, -0.2) is 9.78 Å². The van der Waals surface area contributed by atoms with E-state index < -0.39 is 18.4 Å². The molecule has 8 nitrogen and oxygen atoms in total. The molecule has 0 bridgehead atoms. The van der Waals surface area contributed by atoms with Crippen molar-refractivity contribution in [3.05, 3.63) is 65.1 Å². The van der Waals surface area contributed by atoms with Gasteiger partial charge in [0, 0.05) is 29.9 Å². The summed E-state index contributed by atoms with van der Waals surface area (Å²) in [5.74, 6) is 0. The molecular weight excluding hydrogens is 494 g/mol. The molecule has 1 aromatic carbocycles. The number of pyridine rings is 1. The van der Waals surface area contributed by atoms with Crippen molar-refractivity contribution in [2.75, 3.05) is 32.2 Å². The summed E-state index contributed by atoms with van der Waals surface area (Å²) < 4.78 is 25.0. The van der Waals surface area contributed by atoms with Crippen molar-refractivity contribution in [1.82, 2.24) is 9.38 Å². The fourth-order valence-corrected chi connectivity index (χ4v) is 4.80. The number of imidazole rings is 1. The van der Waals surface area contributed by atoms with E-state index in [9.17, 15) is 4.79 Å². The van der Waals surface area contributed by atoms with Gasteiger partial charge >= 0.3 is 6.16 Å². The molecule has 37 heavy (non-hydrogen) atoms. The number of alkyl halides is 1. The molecule has 0 amide bonds. The molecule has 1 aliphatic heterocycles. The summed E-state index contributed by atoms with van der Waals surface area (Å²) in [5.41, 5.74) is 5.51. The van der Waals surface area contributed by atoms with E-state index >= 15 is 0 Å². The first-order chi connectivity index (χ1) is 17.9. The van der Waals surface area contributed by atoms with E-state index in [-0.39, 0.29) is 18.0 Å². The van der Waals surface area contributed by atoms with Gasteiger partial charge in [0.1, 0.15) is 6.10 Å². The number of carbonyl (C=O) groups is 1. The molecule has 0 saturated heterocycles. The first kappa shape index (κ1) is 27.2. The zero-order valence-corrected chi connectivity index (χ0v) is 22.7. The number of aromatic nitrogens is 2. The zero-order valence-electron chi connectivity index (χ0n) is 21.9. The predicted molar refractivity (Wildman–Crippen MR) is 143 cm³/mol. The second kappa shape index (κ2) is 12.6. The normalized spacial score (nSPS) is 19.8. The lowest BCUT2D eigenvalue weighted by molar-refractivity contribution is -0.0835. The Hall–Kier alpha value is -2.81. The highest BCUT2D eigenvalue weighted by molar-refractivity contribution is 6.20. The molecule has 200 valence electrons. The molecule has 2 aromatic heterocycles. The van der Waals surface area contributed by atoms with Crippen molar-refractivity contribution in [2.45, 2.75) is 63.7 Å². The van der Waals surface area contributed by atoms with Crippen LogP contribution in [0.3, 0.4) is 0 Å². The monoisotopic (exact) mass is 529 g/mol. The van der Waals surface area contributed by atoms with Gasteiger partial charge in [0.2, 0.25) is 0 Å². The molecular formula is C28H36ClN3O5. The van der Waals surface area contributed by atoms with E-state index in [2.05, 4.69) is 9.72 Å². The molecule has 0 spiro atoms. The van der Waals surface area contributed by atoms with Crippen molar-refractivity contribution >= 4 is 29.1 Å². The minimum Gasteiger partial charge on any atom is -0.434 e. The first-order valence-electron chi connectivity index (χ1n) is 12.8. The fourth-order valence-electron chi connectivity index (χ4n) is 4.64. The smallest absolute Gasteiger partial charge is 0.434 e. The maximum Gasteiger partial charge on any atom is 0.508 e. The second-order valence-corrected chi connectivity index (χ2v) is 9.89. The summed E-state index contributed by atoms with van der Waals surface area (Å²) in [4.78, 5) is 17.7. The molecule has 3 aromatic rings. The summed E-state index contributed by atoms with van der Waals surface area (Å²) in [7, 11) is 1.63. The van der Waals surface area contributed by atoms with Crippen molar-refractivity contribution in [3.8, 4) is 0 Å². The third-order valence-corrected chi connectivity index (χ3v) is 7.36. The number of aryl methyl sites for hydroxylation is 2. The number of nitrogens with zero attached hydrogens (tertiary/aromatic N) is 2. The molecule has 3 heterocycles. The molecule has 1 unspecified atom stereocenters. The Morgan fingerprint density at radius 2 is 1.95 bits per heavy atom. The molecule has 0 saturated carbocycles. The third-order valence-electron chi connectivity index (χ3n) is 6.84. The van der Waals surface area contributed by atoms with Crippen LogP contribution < -0.4 is 5.32 Å². The zero-order chi connectivity index (χ0) is 26.4. The van der Waals surface area contributed by atoms with Crippen LogP contribution in [0, 0.1) is 13.8 Å². The fraction of sp³-hybridized carbons (Fsp3) is 0.500. The summed E-state index contributed by atoms with van der Waals surface area (Å²) in [6, 6.07) is 11.5. The standard InChI is InChI=1S/C28H36ClN3O5/c1-5-21(29)12-9-15-36-28(33)37-26-23(20-10-7-6-8-11-20)31-24-22(25(26)35-17-16-34-4)13-14-32-19(3)18(2)30-27(24)32/h6-8,10-11,13-14,21,23,25-26,31H,5,9,12,15-17H2,1-4H3/t21?,23-,25-,26-/m1/s1. The number of hydrogen-bond donors (Lipinski definition) is 1. The Labute approximate surface area is 223 Å². The predicted octanol–water partition coefficient (Wildman–Crippen LogP) is 6.14. The Bertz CT molecular complexity index is 1190. The molecule has 4 rings (SSSR count). The van der Waals surface area contributed by atoms with Crippen LogP contribution in [0.4, 0.5) is 10.5 Å². The number of ether oxygens (including phenoxy) is 4. The molecule has 0 radical (unpaired) electrons. The lowest BCUT2D eigenvalue weighted by Gasteiger charge is -2.39. The van der Waals surface area contributed by atoms with Gasteiger partial charge < -0.3 is 28.7 Å². The van der Waals surface area contributed by atoms with E-state index in [1.54, 1.807) is 7.11 Å². The molecule has 0 aliphatic carbocycles. The van der Waals surface area contributed by atoms with E-state index in [0.29, 0.717) is 19.6 Å². The van der Waals surface area contributed by atoms with Gasteiger partial charge in [-0.1, -0.05) is 37.3 Å². The number of benzene rings is 1. The first-order valence-corrected chi connectivity index (χ1v) is 13.3. The van der Waals surface area contributed by atoms with Crippen LogP contribution >= 0.6 is 11.6 Å². The van der Waals surface area contributed by atoms with Crippen molar-refractivity contribution < 1.29 is 23.7 Å².